The van der Waals surface area contributed by atoms with Gasteiger partial charge in [0.15, 0.2) is 5.76 Å². The number of piperidine rings is 1. The number of nitrogens with zero attached hydrogens (tertiary/aromatic N) is 2. The van der Waals surface area contributed by atoms with E-state index in [1.54, 1.807) is 0 Å². The molecule has 2 atom stereocenters. The summed E-state index contributed by atoms with van der Waals surface area (Å²) in [4.78, 5) is 2.58. The minimum absolute atomic E-state index is 0.459. The Kier molecular flexibility index (Phi) is 2.92. The molecular formula is C13H20N2O2. The highest BCUT2D eigenvalue weighted by Crippen LogP contribution is 2.37. The average molecular weight is 236 g/mol. The molecule has 0 aliphatic carbocycles. The van der Waals surface area contributed by atoms with Crippen molar-refractivity contribution in [3.8, 4) is 0 Å². The van der Waals surface area contributed by atoms with Gasteiger partial charge in [0.05, 0.1) is 18.3 Å². The highest BCUT2D eigenvalue weighted by atomic mass is 16.5. The third-order valence-electron chi connectivity index (χ3n) is 4.19. The van der Waals surface area contributed by atoms with E-state index in [0.717, 1.165) is 18.0 Å². The summed E-state index contributed by atoms with van der Waals surface area (Å²) < 4.78 is 10.8. The number of rotatable bonds is 3. The zero-order valence-corrected chi connectivity index (χ0v) is 10.6. The van der Waals surface area contributed by atoms with Gasteiger partial charge in [-0.05, 0) is 32.6 Å². The molecule has 0 spiro atoms. The van der Waals surface area contributed by atoms with Crippen LogP contribution in [0.4, 0.5) is 0 Å². The van der Waals surface area contributed by atoms with Gasteiger partial charge in [-0.3, -0.25) is 4.90 Å². The van der Waals surface area contributed by atoms with Gasteiger partial charge in [-0.2, -0.15) is 0 Å². The Morgan fingerprint density at radius 1 is 1.41 bits per heavy atom. The Balaban J connectivity index is 1.69. The van der Waals surface area contributed by atoms with Crippen LogP contribution < -0.4 is 0 Å². The summed E-state index contributed by atoms with van der Waals surface area (Å²) >= 11 is 0. The van der Waals surface area contributed by atoms with Crippen LogP contribution in [-0.4, -0.2) is 35.4 Å². The van der Waals surface area contributed by atoms with Crippen molar-refractivity contribution in [1.29, 1.82) is 0 Å². The molecule has 2 fully saturated rings. The number of aryl methyl sites for hydroxylation is 1. The molecule has 4 nitrogen and oxygen atoms in total. The largest absolute Gasteiger partial charge is 0.381 e. The molecule has 0 radical (unpaired) electrons. The fraction of sp³-hybridized carbons (Fsp3) is 0.769. The lowest BCUT2D eigenvalue weighted by Gasteiger charge is -2.37. The van der Waals surface area contributed by atoms with Gasteiger partial charge in [-0.15, -0.1) is 0 Å². The minimum atomic E-state index is 0.459. The number of fused-ring (bicyclic) bond motifs is 2. The fourth-order valence-corrected chi connectivity index (χ4v) is 3.35. The van der Waals surface area contributed by atoms with Gasteiger partial charge in [-0.25, -0.2) is 0 Å². The fourth-order valence-electron chi connectivity index (χ4n) is 3.35. The second-order valence-electron chi connectivity index (χ2n) is 5.32. The maximum atomic E-state index is 5.51. The van der Waals surface area contributed by atoms with Crippen LogP contribution in [-0.2, 0) is 11.3 Å². The highest BCUT2D eigenvalue weighted by Gasteiger charge is 2.40. The highest BCUT2D eigenvalue weighted by molar-refractivity contribution is 5.05. The van der Waals surface area contributed by atoms with Crippen LogP contribution in [0.3, 0.4) is 0 Å². The summed E-state index contributed by atoms with van der Waals surface area (Å²) in [5.74, 6) is 0.996. The molecule has 0 N–H and O–H groups in total. The van der Waals surface area contributed by atoms with Crippen molar-refractivity contribution in [3.05, 3.63) is 17.5 Å². The monoisotopic (exact) mass is 236 g/mol. The molecule has 0 saturated carbocycles. The molecule has 2 saturated heterocycles. The number of hydrogen-bond donors (Lipinski definition) is 0. The molecule has 2 aliphatic rings. The maximum absolute atomic E-state index is 5.51. The molecule has 17 heavy (non-hydrogen) atoms. The molecule has 0 amide bonds. The van der Waals surface area contributed by atoms with Crippen LogP contribution >= 0.6 is 0 Å². The minimum Gasteiger partial charge on any atom is -0.381 e. The van der Waals surface area contributed by atoms with Crippen LogP contribution in [0.1, 0.15) is 37.1 Å². The number of ether oxygens (including phenoxy) is 1. The van der Waals surface area contributed by atoms with E-state index in [0.29, 0.717) is 18.2 Å². The van der Waals surface area contributed by atoms with Crippen LogP contribution in [0, 0.1) is 6.92 Å². The molecule has 1 aromatic rings. The van der Waals surface area contributed by atoms with Crippen molar-refractivity contribution in [2.45, 2.75) is 57.3 Å². The predicted molar refractivity (Wildman–Crippen MR) is 63.6 cm³/mol. The molecule has 4 heteroatoms. The van der Waals surface area contributed by atoms with Crippen LogP contribution in [0.5, 0.6) is 0 Å². The van der Waals surface area contributed by atoms with Gasteiger partial charge >= 0.3 is 0 Å². The van der Waals surface area contributed by atoms with Gasteiger partial charge in [0.2, 0.25) is 0 Å². The van der Waals surface area contributed by atoms with Crippen molar-refractivity contribution in [3.63, 3.8) is 0 Å². The Morgan fingerprint density at radius 2 is 2.12 bits per heavy atom. The van der Waals surface area contributed by atoms with Crippen molar-refractivity contribution in [1.82, 2.24) is 10.1 Å². The van der Waals surface area contributed by atoms with Crippen molar-refractivity contribution in [2.75, 3.05) is 7.11 Å². The Morgan fingerprint density at radius 3 is 2.65 bits per heavy atom. The topological polar surface area (TPSA) is 38.5 Å². The first-order chi connectivity index (χ1) is 8.26. The molecule has 1 aromatic heterocycles. The number of methoxy groups -OCH3 is 1. The van der Waals surface area contributed by atoms with E-state index in [4.69, 9.17) is 9.26 Å². The van der Waals surface area contributed by atoms with E-state index in [1.807, 2.05) is 20.1 Å². The molecule has 94 valence electrons. The van der Waals surface area contributed by atoms with E-state index >= 15 is 0 Å². The van der Waals surface area contributed by atoms with E-state index in [-0.39, 0.29) is 0 Å². The molecule has 3 rings (SSSR count). The van der Waals surface area contributed by atoms with Crippen LogP contribution in [0.25, 0.3) is 0 Å². The summed E-state index contributed by atoms with van der Waals surface area (Å²) in [6, 6.07) is 3.38. The first-order valence-electron chi connectivity index (χ1n) is 6.47. The van der Waals surface area contributed by atoms with Gasteiger partial charge in [-0.1, -0.05) is 5.16 Å². The molecule has 3 heterocycles. The normalized spacial score (nSPS) is 33.2. The van der Waals surface area contributed by atoms with Gasteiger partial charge in [0, 0.05) is 25.3 Å². The lowest BCUT2D eigenvalue weighted by molar-refractivity contribution is -0.000439. The Hall–Kier alpha value is -0.870. The lowest BCUT2D eigenvalue weighted by atomic mass is 9.99. The third-order valence-corrected chi connectivity index (χ3v) is 4.19. The first kappa shape index (κ1) is 11.2. The molecule has 2 aliphatic heterocycles. The molecular weight excluding hydrogens is 216 g/mol. The van der Waals surface area contributed by atoms with E-state index < -0.39 is 0 Å². The van der Waals surface area contributed by atoms with E-state index in [9.17, 15) is 0 Å². The summed E-state index contributed by atoms with van der Waals surface area (Å²) in [7, 11) is 1.83. The van der Waals surface area contributed by atoms with Crippen LogP contribution in [0.15, 0.2) is 10.6 Å². The van der Waals surface area contributed by atoms with E-state index in [1.165, 1.54) is 25.7 Å². The van der Waals surface area contributed by atoms with Crippen molar-refractivity contribution < 1.29 is 9.26 Å². The number of hydrogen-bond acceptors (Lipinski definition) is 4. The Labute approximate surface area is 102 Å². The number of aromatic nitrogens is 1. The zero-order chi connectivity index (χ0) is 11.8. The summed E-state index contributed by atoms with van der Waals surface area (Å²) in [6.45, 7) is 2.88. The van der Waals surface area contributed by atoms with Gasteiger partial charge in [0.25, 0.3) is 0 Å². The zero-order valence-electron chi connectivity index (χ0n) is 10.6. The summed E-state index contributed by atoms with van der Waals surface area (Å²) in [6.07, 6.45) is 5.40. The van der Waals surface area contributed by atoms with Crippen LogP contribution in [0.2, 0.25) is 0 Å². The lowest BCUT2D eigenvalue weighted by Crippen LogP contribution is -2.44. The maximum Gasteiger partial charge on any atom is 0.150 e. The second-order valence-corrected chi connectivity index (χ2v) is 5.32. The standard InChI is InChI=1S/C13H20N2O2/c1-9-5-13(17-14-9)8-15-10-3-4-11(15)7-12(6-10)16-2/h5,10-12H,3-4,6-8H2,1-2H3. The average Bonchev–Trinajstić information content (AvgIpc) is 2.82. The van der Waals surface area contributed by atoms with Gasteiger partial charge < -0.3 is 9.26 Å². The van der Waals surface area contributed by atoms with Crippen molar-refractivity contribution >= 4 is 0 Å². The third kappa shape index (κ3) is 2.11. The first-order valence-corrected chi connectivity index (χ1v) is 6.47. The molecule has 2 bridgehead atoms. The molecule has 0 aromatic carbocycles. The summed E-state index contributed by atoms with van der Waals surface area (Å²) in [5.41, 5.74) is 0.971. The molecule has 2 unspecified atom stereocenters. The quantitative estimate of drug-likeness (QED) is 0.806. The SMILES string of the molecule is COC1CC2CCC(C1)N2Cc1cc(C)no1. The second kappa shape index (κ2) is 4.42. The Bertz CT molecular complexity index is 377. The summed E-state index contributed by atoms with van der Waals surface area (Å²) in [5, 5.41) is 3.96. The van der Waals surface area contributed by atoms with E-state index in [2.05, 4.69) is 10.1 Å². The smallest absolute Gasteiger partial charge is 0.150 e. The van der Waals surface area contributed by atoms with Gasteiger partial charge in [0.1, 0.15) is 0 Å². The van der Waals surface area contributed by atoms with Crippen molar-refractivity contribution in [2.24, 2.45) is 0 Å². The predicted octanol–water partition coefficient (Wildman–Crippen LogP) is 2.12.